The number of hydrogen-bond donors (Lipinski definition) is 2. The maximum atomic E-state index is 13.6. The van der Waals surface area contributed by atoms with Crippen LogP contribution in [0.1, 0.15) is 38.6 Å². The molecule has 0 spiro atoms. The topological polar surface area (TPSA) is 125 Å². The van der Waals surface area contributed by atoms with E-state index in [0.717, 1.165) is 10.9 Å². The second kappa shape index (κ2) is 12.3. The molecule has 0 bridgehead atoms. The maximum Gasteiger partial charge on any atom is 0.335 e. The highest BCUT2D eigenvalue weighted by Crippen LogP contribution is 2.47. The van der Waals surface area contributed by atoms with Gasteiger partial charge in [-0.3, -0.25) is 4.79 Å². The Morgan fingerprint density at radius 2 is 1.56 bits per heavy atom. The van der Waals surface area contributed by atoms with Gasteiger partial charge in [0.15, 0.2) is 11.6 Å². The van der Waals surface area contributed by atoms with E-state index >= 15 is 0 Å². The Balaban J connectivity index is 1.55. The fourth-order valence-electron chi connectivity index (χ4n) is 5.26. The van der Waals surface area contributed by atoms with Gasteiger partial charge in [-0.2, -0.15) is 0 Å². The van der Waals surface area contributed by atoms with Gasteiger partial charge in [-0.15, -0.1) is 0 Å². The van der Waals surface area contributed by atoms with Crippen molar-refractivity contribution in [2.75, 3.05) is 33.8 Å². The van der Waals surface area contributed by atoms with Gasteiger partial charge in [-0.1, -0.05) is 42.5 Å². The predicted molar refractivity (Wildman–Crippen MR) is 160 cm³/mol. The summed E-state index contributed by atoms with van der Waals surface area (Å²) >= 11 is 0. The van der Waals surface area contributed by atoms with Crippen molar-refractivity contribution in [2.24, 2.45) is 0 Å². The Labute approximate surface area is 248 Å². The van der Waals surface area contributed by atoms with Crippen molar-refractivity contribution in [1.29, 1.82) is 0 Å². The average molecular weight is 585 g/mol. The molecule has 1 heterocycles. The minimum atomic E-state index is -1.17. The predicted octanol–water partition coefficient (Wildman–Crippen LogP) is 6.00. The maximum absolute atomic E-state index is 13.6. The van der Waals surface area contributed by atoms with Crippen LogP contribution in [0.25, 0.3) is 10.9 Å². The van der Waals surface area contributed by atoms with Gasteiger partial charge in [0.1, 0.15) is 11.3 Å². The summed E-state index contributed by atoms with van der Waals surface area (Å²) in [6, 6.07) is 22.4. The van der Waals surface area contributed by atoms with Gasteiger partial charge >= 0.3 is 5.97 Å². The highest BCUT2D eigenvalue weighted by molar-refractivity contribution is 6.08. The number of carbonyl (C=O) groups is 2. The zero-order chi connectivity index (χ0) is 30.6. The minimum absolute atomic E-state index is 0.0918. The molecule has 0 fully saturated rings. The normalized spacial score (nSPS) is 17.0. The number of methoxy groups -OCH3 is 4. The zero-order valence-electron chi connectivity index (χ0n) is 24.2. The second-order valence-electron chi connectivity index (χ2n) is 9.96. The molecule has 0 radical (unpaired) electrons. The molecule has 1 aliphatic carbocycles. The largest absolute Gasteiger partial charge is 0.478 e. The van der Waals surface area contributed by atoms with Gasteiger partial charge < -0.3 is 34.1 Å². The number of hydrogen-bond acceptors (Lipinski definition) is 8. The van der Waals surface area contributed by atoms with E-state index in [1.165, 1.54) is 24.3 Å². The summed E-state index contributed by atoms with van der Waals surface area (Å²) in [6.07, 6.45) is 3.96. The molecule has 5 rings (SSSR count). The number of rotatable bonds is 10. The molecule has 0 saturated heterocycles. The molecular weight excluding hydrogens is 552 g/mol. The van der Waals surface area contributed by atoms with Crippen molar-refractivity contribution in [2.45, 2.75) is 23.9 Å². The lowest BCUT2D eigenvalue weighted by atomic mass is 9.80. The lowest BCUT2D eigenvalue weighted by molar-refractivity contribution is -0.286. The molecule has 1 aromatic heterocycles. The zero-order valence-corrected chi connectivity index (χ0v) is 24.2. The van der Waals surface area contributed by atoms with Crippen LogP contribution in [0.4, 0.5) is 5.69 Å². The van der Waals surface area contributed by atoms with Crippen molar-refractivity contribution in [1.82, 2.24) is 4.98 Å². The Morgan fingerprint density at radius 1 is 0.884 bits per heavy atom. The summed E-state index contributed by atoms with van der Waals surface area (Å²) in [5, 5.41) is 12.8. The lowest BCUT2D eigenvalue weighted by Gasteiger charge is -2.45. The first-order valence-corrected chi connectivity index (χ1v) is 13.5. The van der Waals surface area contributed by atoms with E-state index in [1.54, 1.807) is 40.6 Å². The standard InChI is InChI=1S/C33H32N2O8/c1-39-32(40-2)18-17-26(33(20-32,41-3)42-4)24-10-6-8-12-28(24)43-30-25(19-22-9-5-7-11-27(22)35-30)29(36)34-23-15-13-21(14-16-23)31(37)38/h5-19,26H,20H2,1-4H3,(H,34,36)(H,37,38). The van der Waals surface area contributed by atoms with Crippen LogP contribution in [-0.2, 0) is 18.9 Å². The van der Waals surface area contributed by atoms with Crippen molar-refractivity contribution < 1.29 is 38.4 Å². The van der Waals surface area contributed by atoms with Crippen LogP contribution in [0.5, 0.6) is 11.6 Å². The lowest BCUT2D eigenvalue weighted by Crippen LogP contribution is -2.51. The number of para-hydroxylation sites is 2. The molecule has 0 aliphatic heterocycles. The van der Waals surface area contributed by atoms with Gasteiger partial charge in [0.2, 0.25) is 5.88 Å². The van der Waals surface area contributed by atoms with E-state index in [2.05, 4.69) is 5.32 Å². The number of fused-ring (bicyclic) bond motifs is 1. The summed E-state index contributed by atoms with van der Waals surface area (Å²) in [4.78, 5) is 29.5. The number of carbonyl (C=O) groups excluding carboxylic acids is 1. The van der Waals surface area contributed by atoms with Gasteiger partial charge in [-0.05, 0) is 48.5 Å². The Hall–Kier alpha value is -4.61. The first-order chi connectivity index (χ1) is 20.8. The third kappa shape index (κ3) is 5.86. The molecule has 222 valence electrons. The first kappa shape index (κ1) is 29.9. The minimum Gasteiger partial charge on any atom is -0.478 e. The van der Waals surface area contributed by atoms with Crippen LogP contribution in [0.3, 0.4) is 0 Å². The summed E-state index contributed by atoms with van der Waals surface area (Å²) in [5.41, 5.74) is 2.10. The third-order valence-electron chi connectivity index (χ3n) is 7.68. The summed E-state index contributed by atoms with van der Waals surface area (Å²) in [5.74, 6) is -3.65. The van der Waals surface area contributed by atoms with Crippen LogP contribution < -0.4 is 10.1 Å². The third-order valence-corrected chi connectivity index (χ3v) is 7.68. The number of ether oxygens (including phenoxy) is 5. The number of aromatic carboxylic acids is 1. The van der Waals surface area contributed by atoms with Crippen LogP contribution in [-0.4, -0.2) is 62.0 Å². The van der Waals surface area contributed by atoms with Gasteiger partial charge in [-0.25, -0.2) is 9.78 Å². The highest BCUT2D eigenvalue weighted by Gasteiger charge is 2.50. The molecule has 0 saturated carbocycles. The molecule has 4 aromatic rings. The number of carboxylic acids is 1. The molecule has 1 unspecified atom stereocenters. The number of amides is 1. The molecule has 1 amide bonds. The van der Waals surface area contributed by atoms with E-state index in [-0.39, 0.29) is 23.4 Å². The molecule has 1 atom stereocenters. The molecule has 43 heavy (non-hydrogen) atoms. The number of nitrogens with zero attached hydrogens (tertiary/aromatic N) is 1. The van der Waals surface area contributed by atoms with Crippen molar-refractivity contribution >= 4 is 28.5 Å². The number of anilines is 1. The summed E-state index contributed by atoms with van der Waals surface area (Å²) < 4.78 is 29.7. The highest BCUT2D eigenvalue weighted by atomic mass is 16.7. The van der Waals surface area contributed by atoms with Crippen molar-refractivity contribution in [3.05, 3.63) is 108 Å². The smallest absolute Gasteiger partial charge is 0.335 e. The molecular formula is C33H32N2O8. The van der Waals surface area contributed by atoms with E-state index in [4.69, 9.17) is 28.7 Å². The van der Waals surface area contributed by atoms with Gasteiger partial charge in [0, 0.05) is 45.1 Å². The Morgan fingerprint density at radius 3 is 2.23 bits per heavy atom. The molecule has 10 nitrogen and oxygen atoms in total. The Kier molecular flexibility index (Phi) is 8.56. The molecule has 3 aromatic carbocycles. The summed E-state index contributed by atoms with van der Waals surface area (Å²) in [7, 11) is 6.23. The Bertz CT molecular complexity index is 1660. The van der Waals surface area contributed by atoms with E-state index in [1.807, 2.05) is 54.6 Å². The van der Waals surface area contributed by atoms with Crippen molar-refractivity contribution in [3.63, 3.8) is 0 Å². The first-order valence-electron chi connectivity index (χ1n) is 13.5. The number of carboxylic acid groups (broad SMARTS) is 1. The number of nitrogens with one attached hydrogen (secondary N) is 1. The second-order valence-corrected chi connectivity index (χ2v) is 9.96. The number of benzene rings is 3. The molecule has 1 aliphatic rings. The molecule has 10 heteroatoms. The monoisotopic (exact) mass is 584 g/mol. The summed E-state index contributed by atoms with van der Waals surface area (Å²) in [6.45, 7) is 0. The fourth-order valence-corrected chi connectivity index (χ4v) is 5.26. The SMILES string of the molecule is COC1(OC)C=CC(c2ccccc2Oc2nc3ccccc3cc2C(=O)Nc2ccc(C(=O)O)cc2)C(OC)(OC)C1. The van der Waals surface area contributed by atoms with Crippen LogP contribution in [0.15, 0.2) is 91.0 Å². The number of aromatic nitrogens is 1. The van der Waals surface area contributed by atoms with Crippen molar-refractivity contribution in [3.8, 4) is 11.6 Å². The van der Waals surface area contributed by atoms with E-state index < -0.39 is 29.4 Å². The van der Waals surface area contributed by atoms with E-state index in [9.17, 15) is 14.7 Å². The number of pyridine rings is 1. The van der Waals surface area contributed by atoms with Crippen LogP contribution >= 0.6 is 0 Å². The fraction of sp³-hybridized carbons (Fsp3) is 0.242. The van der Waals surface area contributed by atoms with Gasteiger partial charge in [0.25, 0.3) is 5.91 Å². The average Bonchev–Trinajstić information content (AvgIpc) is 3.04. The van der Waals surface area contributed by atoms with Crippen LogP contribution in [0, 0.1) is 0 Å². The quantitative estimate of drug-likeness (QED) is 0.171. The van der Waals surface area contributed by atoms with Crippen LogP contribution in [0.2, 0.25) is 0 Å². The van der Waals surface area contributed by atoms with E-state index in [0.29, 0.717) is 17.0 Å². The van der Waals surface area contributed by atoms with Gasteiger partial charge in [0.05, 0.1) is 23.4 Å². The molecule has 2 N–H and O–H groups in total.